The number of urea groups is 1. The number of methoxy groups -OCH3 is 1. The molecule has 0 aliphatic carbocycles. The Hall–Kier alpha value is -4.00. The second-order valence-electron chi connectivity index (χ2n) is 7.42. The van der Waals surface area contributed by atoms with Gasteiger partial charge in [0.15, 0.2) is 0 Å². The lowest BCUT2D eigenvalue weighted by Crippen LogP contribution is -2.33. The van der Waals surface area contributed by atoms with E-state index in [9.17, 15) is 4.79 Å². The number of amides is 2. The first-order valence-electron chi connectivity index (χ1n) is 10.2. The van der Waals surface area contributed by atoms with Crippen molar-refractivity contribution in [2.24, 2.45) is 0 Å². The lowest BCUT2D eigenvalue weighted by Gasteiger charge is -2.30. The summed E-state index contributed by atoms with van der Waals surface area (Å²) in [5.41, 5.74) is 4.55. The quantitative estimate of drug-likeness (QED) is 0.508. The predicted octanol–water partition coefficient (Wildman–Crippen LogP) is 4.71. The number of hydrogen-bond acceptors (Lipinski definition) is 4. The van der Waals surface area contributed by atoms with Crippen molar-refractivity contribution in [1.82, 2.24) is 9.55 Å². The fourth-order valence-electron chi connectivity index (χ4n) is 3.98. The number of imidazole rings is 1. The van der Waals surface area contributed by atoms with Crippen molar-refractivity contribution in [1.29, 1.82) is 0 Å². The van der Waals surface area contributed by atoms with E-state index in [1.54, 1.807) is 7.11 Å². The average molecular weight is 413 g/mol. The zero-order valence-electron chi connectivity index (χ0n) is 17.2. The van der Waals surface area contributed by atoms with Crippen molar-refractivity contribution in [2.75, 3.05) is 29.2 Å². The third kappa shape index (κ3) is 3.77. The van der Waals surface area contributed by atoms with E-state index in [0.717, 1.165) is 35.8 Å². The summed E-state index contributed by atoms with van der Waals surface area (Å²) in [4.78, 5) is 19.6. The number of hydrogen-bond donors (Lipinski definition) is 2. The maximum atomic E-state index is 12.5. The van der Waals surface area contributed by atoms with E-state index in [-0.39, 0.29) is 6.03 Å². The molecule has 2 heterocycles. The van der Waals surface area contributed by atoms with Crippen LogP contribution < -0.4 is 20.3 Å². The van der Waals surface area contributed by atoms with Gasteiger partial charge >= 0.3 is 6.03 Å². The van der Waals surface area contributed by atoms with Crippen LogP contribution in [0.5, 0.6) is 5.75 Å². The Bertz CT molecular complexity index is 1240. The standard InChI is InChI=1S/C24H23N5O2/c1-31-22-12-11-18(15-20(22)27-24(30)25-17-7-3-2-4-8-17)28-13-14-29-21-10-6-5-9-19(21)26-23(29)16-28/h2-12,15H,13-14,16H2,1H3,(H2,25,27,30). The minimum Gasteiger partial charge on any atom is -0.495 e. The summed E-state index contributed by atoms with van der Waals surface area (Å²) >= 11 is 0. The van der Waals surface area contributed by atoms with Crippen LogP contribution in [-0.2, 0) is 13.1 Å². The van der Waals surface area contributed by atoms with Crippen molar-refractivity contribution < 1.29 is 9.53 Å². The number of rotatable bonds is 4. The number of carbonyl (C=O) groups is 1. The zero-order chi connectivity index (χ0) is 21.2. The molecule has 5 rings (SSSR count). The second kappa shape index (κ2) is 8.02. The number of anilines is 3. The van der Waals surface area contributed by atoms with Gasteiger partial charge in [-0.05, 0) is 42.5 Å². The monoisotopic (exact) mass is 413 g/mol. The van der Waals surface area contributed by atoms with Crippen LogP contribution in [0, 0.1) is 0 Å². The smallest absolute Gasteiger partial charge is 0.323 e. The normalized spacial score (nSPS) is 13.0. The third-order valence-corrected chi connectivity index (χ3v) is 5.49. The molecular formula is C24H23N5O2. The average Bonchev–Trinajstić information content (AvgIpc) is 3.17. The topological polar surface area (TPSA) is 71.4 Å². The van der Waals surface area contributed by atoms with E-state index in [1.807, 2.05) is 66.7 Å². The summed E-state index contributed by atoms with van der Waals surface area (Å²) in [5.74, 6) is 1.65. The van der Waals surface area contributed by atoms with E-state index in [4.69, 9.17) is 9.72 Å². The van der Waals surface area contributed by atoms with Crippen molar-refractivity contribution in [3.63, 3.8) is 0 Å². The van der Waals surface area contributed by atoms with Gasteiger partial charge in [0, 0.05) is 24.5 Å². The van der Waals surface area contributed by atoms with Crippen molar-refractivity contribution in [3.8, 4) is 5.75 Å². The number of para-hydroxylation sites is 3. The van der Waals surface area contributed by atoms with Crippen molar-refractivity contribution in [2.45, 2.75) is 13.1 Å². The number of fused-ring (bicyclic) bond motifs is 3. The molecule has 0 unspecified atom stereocenters. The molecular weight excluding hydrogens is 390 g/mol. The van der Waals surface area contributed by atoms with Crippen LogP contribution in [0.15, 0.2) is 72.8 Å². The Balaban J connectivity index is 1.37. The predicted molar refractivity (Wildman–Crippen MR) is 123 cm³/mol. The molecule has 0 spiro atoms. The Kier molecular flexibility index (Phi) is 4.92. The highest BCUT2D eigenvalue weighted by Crippen LogP contribution is 2.32. The maximum Gasteiger partial charge on any atom is 0.323 e. The fourth-order valence-corrected chi connectivity index (χ4v) is 3.98. The molecule has 31 heavy (non-hydrogen) atoms. The van der Waals surface area contributed by atoms with Crippen LogP contribution >= 0.6 is 0 Å². The second-order valence-corrected chi connectivity index (χ2v) is 7.42. The van der Waals surface area contributed by atoms with E-state index < -0.39 is 0 Å². The SMILES string of the molecule is COc1ccc(N2CCn3c(nc4ccccc43)C2)cc1NC(=O)Nc1ccccc1. The van der Waals surface area contributed by atoms with Gasteiger partial charge in [0.2, 0.25) is 0 Å². The highest BCUT2D eigenvalue weighted by atomic mass is 16.5. The van der Waals surface area contributed by atoms with Crippen molar-refractivity contribution in [3.05, 3.63) is 78.6 Å². The van der Waals surface area contributed by atoms with Crippen molar-refractivity contribution >= 4 is 34.1 Å². The number of benzene rings is 3. The molecule has 1 aromatic heterocycles. The minimum atomic E-state index is -0.318. The summed E-state index contributed by atoms with van der Waals surface area (Å²) in [5, 5.41) is 5.74. The number of aromatic nitrogens is 2. The fraction of sp³-hybridized carbons (Fsp3) is 0.167. The molecule has 2 N–H and O–H groups in total. The number of nitrogens with zero attached hydrogens (tertiary/aromatic N) is 3. The van der Waals surface area contributed by atoms with Gasteiger partial charge in [-0.2, -0.15) is 0 Å². The van der Waals surface area contributed by atoms with Gasteiger partial charge in [-0.3, -0.25) is 0 Å². The lowest BCUT2D eigenvalue weighted by atomic mass is 10.2. The van der Waals surface area contributed by atoms with Gasteiger partial charge in [-0.25, -0.2) is 9.78 Å². The van der Waals surface area contributed by atoms with Gasteiger partial charge in [0.05, 0.1) is 30.4 Å². The molecule has 0 saturated carbocycles. The van der Waals surface area contributed by atoms with E-state index in [1.165, 1.54) is 5.52 Å². The summed E-state index contributed by atoms with van der Waals surface area (Å²) in [6, 6.07) is 23.1. The van der Waals surface area contributed by atoms with Crippen LogP contribution in [0.25, 0.3) is 11.0 Å². The molecule has 1 aliphatic rings. The molecule has 3 aromatic carbocycles. The van der Waals surface area contributed by atoms with Crippen LogP contribution in [0.2, 0.25) is 0 Å². The number of ether oxygens (including phenoxy) is 1. The molecule has 0 fully saturated rings. The highest BCUT2D eigenvalue weighted by Gasteiger charge is 2.21. The van der Waals surface area contributed by atoms with Crippen LogP contribution in [0.1, 0.15) is 5.82 Å². The first kappa shape index (κ1) is 19.0. The highest BCUT2D eigenvalue weighted by molar-refractivity contribution is 6.01. The Morgan fingerprint density at radius 2 is 1.77 bits per heavy atom. The molecule has 1 aliphatic heterocycles. The molecule has 0 radical (unpaired) electrons. The van der Waals surface area contributed by atoms with Crippen LogP contribution in [0.4, 0.5) is 21.9 Å². The summed E-state index contributed by atoms with van der Waals surface area (Å²) < 4.78 is 7.74. The van der Waals surface area contributed by atoms with Gasteiger partial charge < -0.3 is 24.8 Å². The molecule has 7 heteroatoms. The van der Waals surface area contributed by atoms with E-state index in [0.29, 0.717) is 18.0 Å². The molecule has 0 atom stereocenters. The lowest BCUT2D eigenvalue weighted by molar-refractivity contribution is 0.262. The molecule has 4 aromatic rings. The minimum absolute atomic E-state index is 0.318. The first-order valence-corrected chi connectivity index (χ1v) is 10.2. The molecule has 0 saturated heterocycles. The molecule has 0 bridgehead atoms. The Morgan fingerprint density at radius 1 is 0.968 bits per heavy atom. The summed E-state index contributed by atoms with van der Waals surface area (Å²) in [6.45, 7) is 2.42. The first-order chi connectivity index (χ1) is 15.2. The van der Waals surface area contributed by atoms with E-state index >= 15 is 0 Å². The van der Waals surface area contributed by atoms with Gasteiger partial charge in [0.25, 0.3) is 0 Å². The Morgan fingerprint density at radius 3 is 2.61 bits per heavy atom. The molecule has 2 amide bonds. The maximum absolute atomic E-state index is 12.5. The molecule has 7 nitrogen and oxygen atoms in total. The van der Waals surface area contributed by atoms with E-state index in [2.05, 4.69) is 26.2 Å². The summed E-state index contributed by atoms with van der Waals surface area (Å²) in [7, 11) is 1.60. The molecule has 156 valence electrons. The van der Waals surface area contributed by atoms with Gasteiger partial charge in [-0.15, -0.1) is 0 Å². The Labute approximate surface area is 180 Å². The van der Waals surface area contributed by atoms with Crippen LogP contribution in [-0.4, -0.2) is 29.2 Å². The number of carbonyl (C=O) groups excluding carboxylic acids is 1. The van der Waals surface area contributed by atoms with Gasteiger partial charge in [-0.1, -0.05) is 30.3 Å². The van der Waals surface area contributed by atoms with Gasteiger partial charge in [0.1, 0.15) is 11.6 Å². The largest absolute Gasteiger partial charge is 0.495 e. The zero-order valence-corrected chi connectivity index (χ0v) is 17.2. The van der Waals surface area contributed by atoms with Crippen LogP contribution in [0.3, 0.4) is 0 Å². The number of nitrogens with one attached hydrogen (secondary N) is 2. The summed E-state index contributed by atoms with van der Waals surface area (Å²) in [6.07, 6.45) is 0. The third-order valence-electron chi connectivity index (χ3n) is 5.49.